The molecule has 0 radical (unpaired) electrons. The van der Waals surface area contributed by atoms with Gasteiger partial charge >= 0.3 is 0 Å². The van der Waals surface area contributed by atoms with Gasteiger partial charge in [0.05, 0.1) is 10.3 Å². The molecule has 154 valence electrons. The van der Waals surface area contributed by atoms with E-state index in [-0.39, 0.29) is 16.2 Å². The van der Waals surface area contributed by atoms with Gasteiger partial charge < -0.3 is 9.64 Å². The van der Waals surface area contributed by atoms with E-state index in [1.165, 1.54) is 6.26 Å². The third-order valence-electron chi connectivity index (χ3n) is 6.13. The number of rotatable bonds is 5. The van der Waals surface area contributed by atoms with E-state index in [1.54, 1.807) is 29.2 Å². The van der Waals surface area contributed by atoms with Gasteiger partial charge in [-0.15, -0.1) is 0 Å². The summed E-state index contributed by atoms with van der Waals surface area (Å²) in [7, 11) is -1.33. The van der Waals surface area contributed by atoms with E-state index in [0.717, 1.165) is 43.7 Å². The van der Waals surface area contributed by atoms with E-state index in [4.69, 9.17) is 4.74 Å². The predicted molar refractivity (Wildman–Crippen MR) is 112 cm³/mol. The van der Waals surface area contributed by atoms with Gasteiger partial charge in [0.25, 0.3) is 0 Å². The molecule has 4 rings (SSSR count). The summed E-state index contributed by atoms with van der Waals surface area (Å²) in [5.74, 6) is 0.868. The van der Waals surface area contributed by atoms with Crippen LogP contribution in [0, 0.1) is 0 Å². The Labute approximate surface area is 172 Å². The van der Waals surface area contributed by atoms with Gasteiger partial charge in [0.1, 0.15) is 12.4 Å². The molecule has 6 nitrogen and oxygen atoms in total. The summed E-state index contributed by atoms with van der Waals surface area (Å²) < 4.78 is 28.8. The predicted octanol–water partition coefficient (Wildman–Crippen LogP) is 2.48. The molecule has 7 heteroatoms. The Kier molecular flexibility index (Phi) is 5.12. The second-order valence-electron chi connectivity index (χ2n) is 7.90. The van der Waals surface area contributed by atoms with E-state index in [1.807, 2.05) is 25.2 Å². The lowest BCUT2D eigenvalue weighted by Crippen LogP contribution is -2.48. The minimum absolute atomic E-state index is 0.209. The number of hydrogen-bond acceptors (Lipinski definition) is 5. The molecular formula is C22H26N2O4S. The SMILES string of the molecule is CN1C(=O)C2(CCN(CCOc3ccc(S(C)(=O)=O)cc3)CC2)c2ccccc21. The molecule has 0 N–H and O–H groups in total. The van der Waals surface area contributed by atoms with Gasteiger partial charge in [-0.05, 0) is 61.8 Å². The lowest BCUT2D eigenvalue weighted by atomic mass is 9.73. The van der Waals surface area contributed by atoms with Crippen molar-refractivity contribution in [1.82, 2.24) is 4.90 Å². The van der Waals surface area contributed by atoms with Crippen LogP contribution >= 0.6 is 0 Å². The van der Waals surface area contributed by atoms with Gasteiger partial charge in [-0.1, -0.05) is 18.2 Å². The molecule has 0 atom stereocenters. The molecule has 0 saturated carbocycles. The number of likely N-dealkylation sites (tertiary alicyclic amines) is 1. The third kappa shape index (κ3) is 3.65. The lowest BCUT2D eigenvalue weighted by molar-refractivity contribution is -0.124. The Balaban J connectivity index is 1.33. The number of hydrogen-bond donors (Lipinski definition) is 0. The summed E-state index contributed by atoms with van der Waals surface area (Å²) in [4.78, 5) is 17.4. The van der Waals surface area contributed by atoms with Crippen molar-refractivity contribution in [3.8, 4) is 5.75 Å². The molecule has 2 aromatic rings. The summed E-state index contributed by atoms with van der Waals surface area (Å²) in [6, 6.07) is 14.6. The van der Waals surface area contributed by atoms with E-state index in [9.17, 15) is 13.2 Å². The standard InChI is InChI=1S/C22H26N2O4S/c1-23-20-6-4-3-5-19(20)22(21(23)25)11-13-24(14-12-22)15-16-28-17-7-9-18(10-8-17)29(2,26)27/h3-10H,11-16H2,1-2H3. The number of nitrogens with zero attached hydrogens (tertiary/aromatic N) is 2. The zero-order chi connectivity index (χ0) is 20.6. The molecule has 1 saturated heterocycles. The highest BCUT2D eigenvalue weighted by Crippen LogP contribution is 2.47. The van der Waals surface area contributed by atoms with Crippen LogP contribution < -0.4 is 9.64 Å². The lowest BCUT2D eigenvalue weighted by Gasteiger charge is -2.38. The minimum atomic E-state index is -3.19. The second kappa shape index (κ2) is 7.46. The van der Waals surface area contributed by atoms with Crippen LogP contribution in [-0.2, 0) is 20.0 Å². The fourth-order valence-electron chi connectivity index (χ4n) is 4.43. The molecule has 0 aromatic heterocycles. The first kappa shape index (κ1) is 19.9. The van der Waals surface area contributed by atoms with Crippen molar-refractivity contribution >= 4 is 21.4 Å². The molecule has 2 aliphatic heterocycles. The van der Waals surface area contributed by atoms with Crippen molar-refractivity contribution in [2.75, 3.05) is 44.4 Å². The monoisotopic (exact) mass is 414 g/mol. The highest BCUT2D eigenvalue weighted by atomic mass is 32.2. The van der Waals surface area contributed by atoms with Crippen molar-refractivity contribution in [2.24, 2.45) is 0 Å². The molecule has 1 spiro atoms. The molecule has 1 fully saturated rings. The van der Waals surface area contributed by atoms with Crippen molar-refractivity contribution in [3.05, 3.63) is 54.1 Å². The summed E-state index contributed by atoms with van der Waals surface area (Å²) in [5, 5.41) is 0. The number of para-hydroxylation sites is 1. The molecule has 29 heavy (non-hydrogen) atoms. The largest absolute Gasteiger partial charge is 0.492 e. The first-order valence-corrected chi connectivity index (χ1v) is 11.7. The molecule has 2 aromatic carbocycles. The number of amides is 1. The number of likely N-dealkylation sites (N-methyl/N-ethyl adjacent to an activating group) is 1. The highest BCUT2D eigenvalue weighted by Gasteiger charge is 2.50. The first-order valence-electron chi connectivity index (χ1n) is 9.84. The second-order valence-corrected chi connectivity index (χ2v) is 9.91. The van der Waals surface area contributed by atoms with Gasteiger partial charge in [-0.3, -0.25) is 9.69 Å². The first-order chi connectivity index (χ1) is 13.8. The summed E-state index contributed by atoms with van der Waals surface area (Å²) in [6.07, 6.45) is 2.82. The van der Waals surface area contributed by atoms with Gasteiger partial charge in [0.2, 0.25) is 5.91 Å². The van der Waals surface area contributed by atoms with Crippen molar-refractivity contribution in [3.63, 3.8) is 0 Å². The van der Waals surface area contributed by atoms with Gasteiger partial charge in [0, 0.05) is 25.5 Å². The normalized spacial score (nSPS) is 18.8. The maximum atomic E-state index is 13.0. The third-order valence-corrected chi connectivity index (χ3v) is 7.26. The topological polar surface area (TPSA) is 66.9 Å². The smallest absolute Gasteiger partial charge is 0.237 e. The van der Waals surface area contributed by atoms with E-state index in [2.05, 4.69) is 11.0 Å². The summed E-state index contributed by atoms with van der Waals surface area (Å²) >= 11 is 0. The van der Waals surface area contributed by atoms with E-state index < -0.39 is 9.84 Å². The maximum absolute atomic E-state index is 13.0. The molecule has 2 heterocycles. The van der Waals surface area contributed by atoms with Crippen LogP contribution in [-0.4, -0.2) is 58.8 Å². The van der Waals surface area contributed by atoms with Crippen LogP contribution in [0.15, 0.2) is 53.4 Å². The Morgan fingerprint density at radius 3 is 2.34 bits per heavy atom. The number of sulfone groups is 1. The highest BCUT2D eigenvalue weighted by molar-refractivity contribution is 7.90. The molecule has 0 bridgehead atoms. The number of anilines is 1. The van der Waals surface area contributed by atoms with Crippen LogP contribution in [0.5, 0.6) is 5.75 Å². The zero-order valence-electron chi connectivity index (χ0n) is 16.8. The number of benzene rings is 2. The van der Waals surface area contributed by atoms with Crippen LogP contribution in [0.3, 0.4) is 0 Å². The summed E-state index contributed by atoms with van der Waals surface area (Å²) in [5.41, 5.74) is 1.81. The van der Waals surface area contributed by atoms with Crippen LogP contribution in [0.2, 0.25) is 0 Å². The van der Waals surface area contributed by atoms with Crippen molar-refractivity contribution in [1.29, 1.82) is 0 Å². The van der Waals surface area contributed by atoms with Crippen LogP contribution in [0.25, 0.3) is 0 Å². The molecule has 1 amide bonds. The van der Waals surface area contributed by atoms with Crippen molar-refractivity contribution < 1.29 is 17.9 Å². The molecular weight excluding hydrogens is 388 g/mol. The Hall–Kier alpha value is -2.38. The molecule has 0 aliphatic carbocycles. The number of carbonyl (C=O) groups excluding carboxylic acids is 1. The van der Waals surface area contributed by atoms with Crippen LogP contribution in [0.4, 0.5) is 5.69 Å². The fraction of sp³-hybridized carbons (Fsp3) is 0.409. The molecule has 2 aliphatic rings. The quantitative estimate of drug-likeness (QED) is 0.752. The van der Waals surface area contributed by atoms with E-state index >= 15 is 0 Å². The Morgan fingerprint density at radius 2 is 1.69 bits per heavy atom. The average molecular weight is 415 g/mol. The zero-order valence-corrected chi connectivity index (χ0v) is 17.6. The minimum Gasteiger partial charge on any atom is -0.492 e. The van der Waals surface area contributed by atoms with Crippen LogP contribution in [0.1, 0.15) is 18.4 Å². The number of fused-ring (bicyclic) bond motifs is 2. The fourth-order valence-corrected chi connectivity index (χ4v) is 5.06. The van der Waals surface area contributed by atoms with E-state index in [0.29, 0.717) is 12.4 Å². The number of ether oxygens (including phenoxy) is 1. The summed E-state index contributed by atoms with van der Waals surface area (Å²) in [6.45, 7) is 3.00. The number of piperidine rings is 1. The number of carbonyl (C=O) groups is 1. The van der Waals surface area contributed by atoms with Gasteiger partial charge in [-0.2, -0.15) is 0 Å². The van der Waals surface area contributed by atoms with Gasteiger partial charge in [0.15, 0.2) is 9.84 Å². The maximum Gasteiger partial charge on any atom is 0.237 e. The van der Waals surface area contributed by atoms with Gasteiger partial charge in [-0.25, -0.2) is 8.42 Å². The Bertz CT molecular complexity index is 1010. The van der Waals surface area contributed by atoms with Crippen molar-refractivity contribution in [2.45, 2.75) is 23.2 Å². The average Bonchev–Trinajstić information content (AvgIpc) is 2.92. The Morgan fingerprint density at radius 1 is 1.03 bits per heavy atom. The molecule has 0 unspecified atom stereocenters.